The van der Waals surface area contributed by atoms with E-state index in [0.717, 1.165) is 0 Å². The fourth-order valence-corrected chi connectivity index (χ4v) is 1.44. The Hall–Kier alpha value is -2.37. The van der Waals surface area contributed by atoms with E-state index in [2.05, 4.69) is 5.32 Å². The summed E-state index contributed by atoms with van der Waals surface area (Å²) >= 11 is 0. The highest BCUT2D eigenvalue weighted by Crippen LogP contribution is 2.01. The fraction of sp³-hybridized carbons (Fsp3) is 0.308. The van der Waals surface area contributed by atoms with Crippen molar-refractivity contribution >= 4 is 17.8 Å². The minimum absolute atomic E-state index is 0.205. The minimum Gasteiger partial charge on any atom is -0.466 e. The van der Waals surface area contributed by atoms with Crippen molar-refractivity contribution in [2.24, 2.45) is 5.73 Å². The molecule has 0 radical (unpaired) electrons. The van der Waals surface area contributed by atoms with Crippen LogP contribution in [0.4, 0.5) is 0 Å². The molecule has 19 heavy (non-hydrogen) atoms. The molecule has 0 aliphatic carbocycles. The van der Waals surface area contributed by atoms with Gasteiger partial charge in [-0.25, -0.2) is 0 Å². The maximum Gasteiger partial charge on any atom is 0.308 e. The number of primary amides is 1. The third kappa shape index (κ3) is 4.79. The number of ether oxygens (including phenoxy) is 1. The zero-order valence-corrected chi connectivity index (χ0v) is 10.6. The van der Waals surface area contributed by atoms with E-state index in [9.17, 15) is 14.4 Å². The molecule has 1 unspecified atom stereocenters. The lowest BCUT2D eigenvalue weighted by Crippen LogP contribution is -2.45. The van der Waals surface area contributed by atoms with Crippen molar-refractivity contribution in [1.29, 1.82) is 0 Å². The molecule has 1 rings (SSSR count). The summed E-state index contributed by atoms with van der Waals surface area (Å²) in [5.74, 6) is -1.83. The molecule has 2 amide bonds. The number of carbonyl (C=O) groups is 3. The van der Waals surface area contributed by atoms with Crippen molar-refractivity contribution in [1.82, 2.24) is 5.32 Å². The average Bonchev–Trinajstić information content (AvgIpc) is 2.39. The fourth-order valence-electron chi connectivity index (χ4n) is 1.44. The number of esters is 1. The van der Waals surface area contributed by atoms with Gasteiger partial charge < -0.3 is 15.8 Å². The summed E-state index contributed by atoms with van der Waals surface area (Å²) in [7, 11) is 0. The lowest BCUT2D eigenvalue weighted by molar-refractivity contribution is -0.145. The maximum absolute atomic E-state index is 11.8. The number of hydrogen-bond donors (Lipinski definition) is 2. The summed E-state index contributed by atoms with van der Waals surface area (Å²) < 4.78 is 4.71. The Morgan fingerprint density at radius 3 is 2.42 bits per heavy atom. The number of carbonyl (C=O) groups excluding carboxylic acids is 3. The van der Waals surface area contributed by atoms with Gasteiger partial charge >= 0.3 is 5.97 Å². The molecule has 0 heterocycles. The predicted molar refractivity (Wildman–Crippen MR) is 68.1 cm³/mol. The zero-order valence-electron chi connectivity index (χ0n) is 10.6. The van der Waals surface area contributed by atoms with Crippen LogP contribution < -0.4 is 11.1 Å². The van der Waals surface area contributed by atoms with Crippen LogP contribution in [0.15, 0.2) is 30.3 Å². The number of rotatable bonds is 6. The second-order valence-electron chi connectivity index (χ2n) is 3.80. The number of benzene rings is 1. The molecule has 0 aromatic heterocycles. The van der Waals surface area contributed by atoms with Crippen molar-refractivity contribution in [3.63, 3.8) is 0 Å². The Labute approximate surface area is 110 Å². The van der Waals surface area contributed by atoms with E-state index in [4.69, 9.17) is 10.5 Å². The Bertz CT molecular complexity index is 459. The van der Waals surface area contributed by atoms with Gasteiger partial charge in [0.2, 0.25) is 5.91 Å². The van der Waals surface area contributed by atoms with Crippen molar-refractivity contribution in [3.05, 3.63) is 35.9 Å². The molecule has 0 saturated carbocycles. The summed E-state index contributed by atoms with van der Waals surface area (Å²) in [6.07, 6.45) is -0.276. The molecule has 1 atom stereocenters. The molecular weight excluding hydrogens is 248 g/mol. The molecule has 3 N–H and O–H groups in total. The first-order valence-corrected chi connectivity index (χ1v) is 5.85. The normalized spacial score (nSPS) is 11.4. The van der Waals surface area contributed by atoms with Gasteiger partial charge in [0.25, 0.3) is 5.91 Å². The first-order chi connectivity index (χ1) is 9.04. The molecule has 0 spiro atoms. The van der Waals surface area contributed by atoms with Crippen LogP contribution in [0.5, 0.6) is 0 Å². The molecule has 1 aromatic rings. The van der Waals surface area contributed by atoms with E-state index >= 15 is 0 Å². The summed E-state index contributed by atoms with van der Waals surface area (Å²) in [4.78, 5) is 34.3. The number of nitrogens with two attached hydrogens (primary N) is 1. The highest BCUT2D eigenvalue weighted by Gasteiger charge is 2.22. The van der Waals surface area contributed by atoms with Crippen molar-refractivity contribution in [3.8, 4) is 0 Å². The summed E-state index contributed by atoms with van der Waals surface area (Å²) in [6, 6.07) is 7.27. The van der Waals surface area contributed by atoms with E-state index in [-0.39, 0.29) is 13.0 Å². The highest BCUT2D eigenvalue weighted by molar-refractivity contribution is 5.98. The zero-order chi connectivity index (χ0) is 14.3. The quantitative estimate of drug-likeness (QED) is 0.718. The molecular formula is C13H16N2O4. The third-order valence-corrected chi connectivity index (χ3v) is 2.36. The van der Waals surface area contributed by atoms with Gasteiger partial charge in [0.05, 0.1) is 13.0 Å². The smallest absolute Gasteiger partial charge is 0.308 e. The van der Waals surface area contributed by atoms with Gasteiger partial charge in [-0.3, -0.25) is 14.4 Å². The molecule has 0 fully saturated rings. The average molecular weight is 264 g/mol. The van der Waals surface area contributed by atoms with Gasteiger partial charge in [-0.15, -0.1) is 0 Å². The van der Waals surface area contributed by atoms with Gasteiger partial charge in [-0.2, -0.15) is 0 Å². The van der Waals surface area contributed by atoms with E-state index < -0.39 is 23.8 Å². The van der Waals surface area contributed by atoms with E-state index in [1.165, 1.54) is 0 Å². The standard InChI is InChI=1S/C13H16N2O4/c1-2-19-11(16)8-10(12(14)17)15-13(18)9-6-4-3-5-7-9/h3-7,10H,2,8H2,1H3,(H2,14,17)(H,15,18). The summed E-state index contributed by atoms with van der Waals surface area (Å²) in [5.41, 5.74) is 5.53. The molecule has 0 aliphatic rings. The summed E-state index contributed by atoms with van der Waals surface area (Å²) in [6.45, 7) is 1.86. The Morgan fingerprint density at radius 2 is 1.89 bits per heavy atom. The number of amides is 2. The minimum atomic E-state index is -1.08. The summed E-state index contributed by atoms with van der Waals surface area (Å²) in [5, 5.41) is 2.41. The molecule has 6 nitrogen and oxygen atoms in total. The third-order valence-electron chi connectivity index (χ3n) is 2.36. The van der Waals surface area contributed by atoms with Gasteiger partial charge in [0, 0.05) is 5.56 Å². The molecule has 102 valence electrons. The van der Waals surface area contributed by atoms with Crippen LogP contribution >= 0.6 is 0 Å². The van der Waals surface area contributed by atoms with Crippen LogP contribution in [-0.2, 0) is 14.3 Å². The van der Waals surface area contributed by atoms with Crippen LogP contribution in [0.25, 0.3) is 0 Å². The van der Waals surface area contributed by atoms with Crippen LogP contribution in [0.3, 0.4) is 0 Å². The van der Waals surface area contributed by atoms with Crippen molar-refractivity contribution in [2.75, 3.05) is 6.61 Å². The van der Waals surface area contributed by atoms with Crippen LogP contribution in [0, 0.1) is 0 Å². The molecule has 0 saturated heterocycles. The predicted octanol–water partition coefficient (Wildman–Crippen LogP) is 0.223. The van der Waals surface area contributed by atoms with Gasteiger partial charge in [-0.1, -0.05) is 18.2 Å². The van der Waals surface area contributed by atoms with Gasteiger partial charge in [-0.05, 0) is 19.1 Å². The maximum atomic E-state index is 11.8. The first kappa shape index (κ1) is 14.7. The SMILES string of the molecule is CCOC(=O)CC(NC(=O)c1ccccc1)C(N)=O. The Kier molecular flexibility index (Phi) is 5.53. The lowest BCUT2D eigenvalue weighted by atomic mass is 10.1. The van der Waals surface area contributed by atoms with Crippen LogP contribution in [-0.4, -0.2) is 30.4 Å². The number of hydrogen-bond acceptors (Lipinski definition) is 4. The second-order valence-corrected chi connectivity index (χ2v) is 3.80. The van der Waals surface area contributed by atoms with Crippen molar-refractivity contribution in [2.45, 2.75) is 19.4 Å². The topological polar surface area (TPSA) is 98.5 Å². The largest absolute Gasteiger partial charge is 0.466 e. The first-order valence-electron chi connectivity index (χ1n) is 5.85. The van der Waals surface area contributed by atoms with Gasteiger partial charge in [0.1, 0.15) is 6.04 Å². The molecule has 0 bridgehead atoms. The Morgan fingerprint density at radius 1 is 1.26 bits per heavy atom. The van der Waals surface area contributed by atoms with E-state index in [1.54, 1.807) is 37.3 Å². The molecule has 0 aliphatic heterocycles. The van der Waals surface area contributed by atoms with E-state index in [0.29, 0.717) is 5.56 Å². The second kappa shape index (κ2) is 7.15. The van der Waals surface area contributed by atoms with Gasteiger partial charge in [0.15, 0.2) is 0 Å². The van der Waals surface area contributed by atoms with Crippen LogP contribution in [0.2, 0.25) is 0 Å². The van der Waals surface area contributed by atoms with Crippen LogP contribution in [0.1, 0.15) is 23.7 Å². The van der Waals surface area contributed by atoms with E-state index in [1.807, 2.05) is 0 Å². The van der Waals surface area contributed by atoms with Crippen molar-refractivity contribution < 1.29 is 19.1 Å². The molecule has 6 heteroatoms. The lowest BCUT2D eigenvalue weighted by Gasteiger charge is -2.14. The molecule has 1 aromatic carbocycles. The number of nitrogens with one attached hydrogen (secondary N) is 1. The Balaban J connectivity index is 2.66. The highest BCUT2D eigenvalue weighted by atomic mass is 16.5. The monoisotopic (exact) mass is 264 g/mol.